The summed E-state index contributed by atoms with van der Waals surface area (Å²) in [6.07, 6.45) is 6.89. The summed E-state index contributed by atoms with van der Waals surface area (Å²) >= 11 is 0.872. The quantitative estimate of drug-likeness (QED) is 0.0192. The number of unbranched alkanes of at least 4 members (excludes halogenated alkanes) is 8. The second kappa shape index (κ2) is 56.7. The Morgan fingerprint density at radius 3 is 1.35 bits per heavy atom. The number of amides is 1. The second-order valence-corrected chi connectivity index (χ2v) is 19.3. The summed E-state index contributed by atoms with van der Waals surface area (Å²) in [4.78, 5) is 123. The van der Waals surface area contributed by atoms with Gasteiger partial charge in [-0.25, -0.2) is 24.0 Å². The molecule has 0 aromatic rings. The average Bonchev–Trinajstić information content (AvgIpc) is 3.44. The van der Waals surface area contributed by atoms with E-state index in [0.29, 0.717) is 51.7 Å². The van der Waals surface area contributed by atoms with Gasteiger partial charge in [0.25, 0.3) is 15.3 Å². The summed E-state index contributed by atoms with van der Waals surface area (Å²) in [7, 11) is 0. The zero-order chi connectivity index (χ0) is 63.7. The van der Waals surface area contributed by atoms with Gasteiger partial charge in [0.2, 0.25) is 0 Å². The number of thioether (sulfide) groups is 1. The van der Waals surface area contributed by atoms with Crippen molar-refractivity contribution < 1.29 is 120 Å². The Balaban J connectivity index is -0.00000118. The molecule has 1 amide bonds. The lowest BCUT2D eigenvalue weighted by atomic mass is 10.1. The van der Waals surface area contributed by atoms with Gasteiger partial charge >= 0.3 is 41.8 Å². The maximum absolute atomic E-state index is 12.0. The molecule has 0 saturated carbocycles. The summed E-state index contributed by atoms with van der Waals surface area (Å²) in [6.45, 7) is 11.4. The molecular formula is C49H90N6O28S. The van der Waals surface area contributed by atoms with Gasteiger partial charge in [0.1, 0.15) is 64.5 Å². The van der Waals surface area contributed by atoms with Gasteiger partial charge in [0.05, 0.1) is 52.3 Å². The van der Waals surface area contributed by atoms with Gasteiger partial charge < -0.3 is 88.1 Å². The molecule has 34 nitrogen and oxygen atoms in total. The molecule has 0 aromatic carbocycles. The standard InChI is InChI=1S/C21H38N2O9.C14H26N2O11.C14H26N2O8S/c1-5-6-7-9-12-18(24)29-15-17(22-20(26)32-21(2,3)4)16-30-19(25)13-10-8-11-14-31-23(27)28;1-2-3-21-4-7-23-13(17)25-10-12(15)11-26-14(18)24-8-5-22-6-9-27-16(19)20;1-2-3-4-7-21-13(17)23-10-12(15)11-25-14(18)22-8-5-6-9-24-16(19)20/h17H,5-16H2,1-4H3,(H,22,26);12H,2-11,15H2,1H3;12H,2-11,15H2,1H3. The van der Waals surface area contributed by atoms with Crippen LogP contribution in [0.2, 0.25) is 0 Å². The van der Waals surface area contributed by atoms with Gasteiger partial charge in [-0.15, -0.1) is 30.3 Å². The Labute approximate surface area is 492 Å². The van der Waals surface area contributed by atoms with Crippen LogP contribution in [0.15, 0.2) is 0 Å². The van der Waals surface area contributed by atoms with E-state index >= 15 is 0 Å². The number of esters is 2. The third-order valence-electron chi connectivity index (χ3n) is 9.32. The third kappa shape index (κ3) is 66.1. The number of nitrogens with zero attached hydrogens (tertiary/aromatic N) is 3. The molecule has 3 atom stereocenters. The van der Waals surface area contributed by atoms with Crippen LogP contribution in [-0.2, 0) is 80.9 Å². The lowest BCUT2D eigenvalue weighted by molar-refractivity contribution is -0.758. The number of carbonyl (C=O) groups excluding carboxylic acids is 7. The van der Waals surface area contributed by atoms with E-state index in [0.717, 1.165) is 63.1 Å². The molecule has 0 radical (unpaired) electrons. The van der Waals surface area contributed by atoms with Crippen molar-refractivity contribution in [3.05, 3.63) is 30.3 Å². The SMILES string of the molecule is CCCCCCC(=O)OCC(COC(=O)CCCCCO[N+](=O)[O-])NC(=O)OC(C)(C)C.CCCCCOC(=O)OCC(N)CSC(=O)OCCCCO[N+](=O)[O-].CCCOCCOC(=O)OCC(N)COC(=O)OCCOCCO[N+](=O)[O-]. The minimum Gasteiger partial charge on any atom is -0.463 e. The van der Waals surface area contributed by atoms with Crippen molar-refractivity contribution in [3.63, 3.8) is 0 Å². The van der Waals surface area contributed by atoms with Gasteiger partial charge in [-0.3, -0.25) is 9.59 Å². The van der Waals surface area contributed by atoms with Crippen LogP contribution in [0.4, 0.5) is 24.0 Å². The van der Waals surface area contributed by atoms with Gasteiger partial charge in [-0.05, 0) is 77.5 Å². The fraction of sp³-hybridized carbons (Fsp3) is 0.857. The van der Waals surface area contributed by atoms with Crippen LogP contribution in [0.3, 0.4) is 0 Å². The Morgan fingerprint density at radius 1 is 0.452 bits per heavy atom. The number of nitrogens with one attached hydrogen (secondary N) is 1. The summed E-state index contributed by atoms with van der Waals surface area (Å²) in [5.41, 5.74) is 10.6. The number of carbonyl (C=O) groups is 7. The van der Waals surface area contributed by atoms with E-state index < -0.39 is 74.8 Å². The monoisotopic (exact) mass is 1240 g/mol. The van der Waals surface area contributed by atoms with Crippen molar-refractivity contribution in [3.8, 4) is 0 Å². The van der Waals surface area contributed by atoms with Crippen molar-refractivity contribution in [2.75, 3.05) is 111 Å². The van der Waals surface area contributed by atoms with Crippen LogP contribution in [0.25, 0.3) is 0 Å². The first-order valence-corrected chi connectivity index (χ1v) is 28.4. The number of ether oxygens (including phenoxy) is 12. The van der Waals surface area contributed by atoms with Crippen LogP contribution in [0.1, 0.15) is 138 Å². The van der Waals surface area contributed by atoms with Crippen molar-refractivity contribution in [1.29, 1.82) is 0 Å². The lowest BCUT2D eigenvalue weighted by Crippen LogP contribution is -2.44. The highest BCUT2D eigenvalue weighted by Gasteiger charge is 2.22. The lowest BCUT2D eigenvalue weighted by Gasteiger charge is -2.23. The normalized spacial score (nSPS) is 11.6. The zero-order valence-electron chi connectivity index (χ0n) is 49.2. The van der Waals surface area contributed by atoms with Crippen LogP contribution in [0.5, 0.6) is 0 Å². The summed E-state index contributed by atoms with van der Waals surface area (Å²) in [5, 5.41) is 29.2. The molecule has 0 aromatic heterocycles. The van der Waals surface area contributed by atoms with Crippen molar-refractivity contribution >= 4 is 53.6 Å². The maximum Gasteiger partial charge on any atom is 0.508 e. The molecule has 0 saturated heterocycles. The fourth-order valence-corrected chi connectivity index (χ4v) is 5.99. The van der Waals surface area contributed by atoms with Crippen molar-refractivity contribution in [1.82, 2.24) is 5.32 Å². The van der Waals surface area contributed by atoms with E-state index in [1.807, 2.05) is 13.8 Å². The number of hydrogen-bond donors (Lipinski definition) is 3. The molecule has 0 aliphatic rings. The highest BCUT2D eigenvalue weighted by Crippen LogP contribution is 2.10. The first-order valence-electron chi connectivity index (χ1n) is 27.4. The molecule has 5 N–H and O–H groups in total. The molecular weight excluding hydrogens is 1150 g/mol. The first kappa shape index (κ1) is 81.5. The first-order chi connectivity index (χ1) is 39.9. The van der Waals surface area contributed by atoms with Crippen LogP contribution in [-0.4, -0.2) is 192 Å². The van der Waals surface area contributed by atoms with Gasteiger partial charge in [-0.2, -0.15) is 0 Å². The average molecular weight is 1240 g/mol. The number of alkyl carbamates (subject to hydrolysis) is 1. The minimum atomic E-state index is -0.980. The Kier molecular flexibility index (Phi) is 55.1. The third-order valence-corrected chi connectivity index (χ3v) is 10.3. The number of rotatable bonds is 47. The summed E-state index contributed by atoms with van der Waals surface area (Å²) in [5.74, 6) is -0.630. The van der Waals surface area contributed by atoms with Gasteiger partial charge in [-0.1, -0.05) is 59.3 Å². The predicted molar refractivity (Wildman–Crippen MR) is 293 cm³/mol. The molecule has 0 rings (SSSR count). The molecule has 84 heavy (non-hydrogen) atoms. The Bertz CT molecular complexity index is 1790. The Morgan fingerprint density at radius 2 is 0.857 bits per heavy atom. The molecule has 0 bridgehead atoms. The number of hydrogen-bond acceptors (Lipinski definition) is 31. The largest absolute Gasteiger partial charge is 0.508 e. The minimum absolute atomic E-state index is 0.0130. The molecule has 0 spiro atoms. The van der Waals surface area contributed by atoms with Gasteiger partial charge in [0, 0.05) is 31.2 Å². The highest BCUT2D eigenvalue weighted by molar-refractivity contribution is 8.13. The van der Waals surface area contributed by atoms with E-state index in [1.165, 1.54) is 0 Å². The van der Waals surface area contributed by atoms with E-state index in [-0.39, 0.29) is 111 Å². The van der Waals surface area contributed by atoms with E-state index in [1.54, 1.807) is 20.8 Å². The topological polar surface area (TPSA) is 451 Å². The molecule has 0 aliphatic carbocycles. The molecule has 3 unspecified atom stereocenters. The molecule has 0 fully saturated rings. The highest BCUT2D eigenvalue weighted by atomic mass is 32.2. The van der Waals surface area contributed by atoms with Crippen LogP contribution >= 0.6 is 11.8 Å². The Hall–Kier alpha value is -6.72. The molecule has 0 heterocycles. The van der Waals surface area contributed by atoms with Crippen LogP contribution < -0.4 is 16.8 Å². The van der Waals surface area contributed by atoms with E-state index in [4.69, 9.17) is 63.6 Å². The summed E-state index contributed by atoms with van der Waals surface area (Å²) in [6, 6.07) is -2.02. The smallest absolute Gasteiger partial charge is 0.463 e. The van der Waals surface area contributed by atoms with Crippen molar-refractivity contribution in [2.24, 2.45) is 11.5 Å². The van der Waals surface area contributed by atoms with Crippen LogP contribution in [0, 0.1) is 30.3 Å². The fourth-order valence-electron chi connectivity index (χ4n) is 5.38. The van der Waals surface area contributed by atoms with Crippen molar-refractivity contribution in [2.45, 2.75) is 162 Å². The van der Waals surface area contributed by atoms with Gasteiger partial charge in [0.15, 0.2) is 0 Å². The molecule has 35 heteroatoms. The molecule has 0 aliphatic heterocycles. The second-order valence-electron chi connectivity index (χ2n) is 18.3. The zero-order valence-corrected chi connectivity index (χ0v) is 50.0. The number of nitrogens with two attached hydrogens (primary N) is 2. The summed E-state index contributed by atoms with van der Waals surface area (Å²) < 4.78 is 59.1. The maximum atomic E-state index is 12.0. The van der Waals surface area contributed by atoms with E-state index in [2.05, 4.69) is 31.5 Å². The predicted octanol–water partition coefficient (Wildman–Crippen LogP) is 6.49. The van der Waals surface area contributed by atoms with E-state index in [9.17, 15) is 63.9 Å². The molecule has 490 valence electrons.